The fourth-order valence-electron chi connectivity index (χ4n) is 3.89. The lowest BCUT2D eigenvalue weighted by atomic mass is 9.99. The molecule has 1 amide bonds. The minimum Gasteiger partial charge on any atom is -0.507 e. The molecule has 0 aliphatic carbocycles. The lowest BCUT2D eigenvalue weighted by molar-refractivity contribution is -0.140. The Morgan fingerprint density at radius 1 is 1.03 bits per heavy atom. The van der Waals surface area contributed by atoms with Gasteiger partial charge in [0.05, 0.1) is 25.1 Å². The van der Waals surface area contributed by atoms with Crippen LogP contribution in [0.1, 0.15) is 23.8 Å². The van der Waals surface area contributed by atoms with E-state index in [0.717, 1.165) is 26.1 Å². The Labute approximate surface area is 169 Å². The van der Waals surface area contributed by atoms with Crippen molar-refractivity contribution in [1.29, 1.82) is 0 Å². The molecule has 7 heteroatoms. The molecule has 1 aromatic heterocycles. The molecule has 0 saturated carbocycles. The number of amides is 1. The molecule has 4 rings (SSSR count). The molecular weight excluding hydrogens is 372 g/mol. The first-order valence-corrected chi connectivity index (χ1v) is 9.84. The van der Waals surface area contributed by atoms with Crippen LogP contribution in [0.5, 0.6) is 0 Å². The van der Waals surface area contributed by atoms with Gasteiger partial charge in [-0.2, -0.15) is 0 Å². The van der Waals surface area contributed by atoms with E-state index >= 15 is 0 Å². The number of nitrogens with zero attached hydrogens (tertiary/aromatic N) is 2. The topological polar surface area (TPSA) is 83.2 Å². The zero-order chi connectivity index (χ0) is 20.2. The zero-order valence-corrected chi connectivity index (χ0v) is 16.1. The monoisotopic (exact) mass is 396 g/mol. The smallest absolute Gasteiger partial charge is 0.295 e. The van der Waals surface area contributed by atoms with Gasteiger partial charge in [0, 0.05) is 31.7 Å². The first kappa shape index (κ1) is 19.4. The van der Waals surface area contributed by atoms with Gasteiger partial charge in [-0.25, -0.2) is 0 Å². The van der Waals surface area contributed by atoms with Crippen LogP contribution < -0.4 is 0 Å². The van der Waals surface area contributed by atoms with E-state index in [9.17, 15) is 14.7 Å². The summed E-state index contributed by atoms with van der Waals surface area (Å²) in [4.78, 5) is 29.4. The van der Waals surface area contributed by atoms with Gasteiger partial charge in [0.1, 0.15) is 17.6 Å². The largest absolute Gasteiger partial charge is 0.507 e. The summed E-state index contributed by atoms with van der Waals surface area (Å²) in [7, 11) is 0. The molecule has 0 unspecified atom stereocenters. The van der Waals surface area contributed by atoms with Gasteiger partial charge in [0.25, 0.3) is 11.7 Å². The number of benzene rings is 1. The summed E-state index contributed by atoms with van der Waals surface area (Å²) >= 11 is 0. The number of furan rings is 1. The van der Waals surface area contributed by atoms with Crippen LogP contribution in [0.15, 0.2) is 58.7 Å². The molecule has 1 atom stereocenters. The molecule has 0 radical (unpaired) electrons. The van der Waals surface area contributed by atoms with Gasteiger partial charge in [0.15, 0.2) is 0 Å². The second-order valence-electron chi connectivity index (χ2n) is 7.18. The molecule has 152 valence electrons. The molecule has 2 fully saturated rings. The number of hydrogen-bond donors (Lipinski definition) is 1. The van der Waals surface area contributed by atoms with E-state index in [1.54, 1.807) is 36.4 Å². The minimum atomic E-state index is -0.727. The highest BCUT2D eigenvalue weighted by atomic mass is 16.5. The van der Waals surface area contributed by atoms with Crippen molar-refractivity contribution in [2.75, 3.05) is 39.4 Å². The molecule has 1 N–H and O–H groups in total. The van der Waals surface area contributed by atoms with Crippen LogP contribution in [0, 0.1) is 0 Å². The maximum Gasteiger partial charge on any atom is 0.295 e. The van der Waals surface area contributed by atoms with Gasteiger partial charge in [-0.15, -0.1) is 0 Å². The molecule has 2 aromatic rings. The molecule has 2 aliphatic rings. The Bertz CT molecular complexity index is 885. The molecule has 3 heterocycles. The van der Waals surface area contributed by atoms with Gasteiger partial charge in [-0.05, 0) is 18.6 Å². The summed E-state index contributed by atoms with van der Waals surface area (Å²) in [6.07, 6.45) is 2.22. The van der Waals surface area contributed by atoms with Crippen LogP contribution in [0.3, 0.4) is 0 Å². The summed E-state index contributed by atoms with van der Waals surface area (Å²) < 4.78 is 10.9. The van der Waals surface area contributed by atoms with Crippen LogP contribution in [0.4, 0.5) is 0 Å². The molecule has 2 aliphatic heterocycles. The molecular formula is C22H24N2O5. The second kappa shape index (κ2) is 8.63. The number of rotatable bonds is 6. The number of ketones is 1. The van der Waals surface area contributed by atoms with Gasteiger partial charge in [-0.3, -0.25) is 14.5 Å². The number of morpholine rings is 1. The van der Waals surface area contributed by atoms with Gasteiger partial charge in [0.2, 0.25) is 0 Å². The maximum absolute atomic E-state index is 12.8. The Kier molecular flexibility index (Phi) is 5.78. The number of aliphatic hydroxyl groups excluding tert-OH is 1. The standard InChI is InChI=1S/C22H24N2O5/c25-20(16-6-2-1-3-7-16)18-19(17-8-4-13-29-17)24(22(27)21(18)26)10-5-9-23-11-14-28-15-12-23/h1-4,6-8,13,19,25H,5,9-12,14-15H2/t19-/m1/s1. The van der Waals surface area contributed by atoms with Crippen molar-refractivity contribution < 1.29 is 23.8 Å². The molecule has 0 bridgehead atoms. The Hall–Kier alpha value is -2.90. The number of aliphatic hydroxyl groups is 1. The fourth-order valence-corrected chi connectivity index (χ4v) is 3.89. The first-order valence-electron chi connectivity index (χ1n) is 9.84. The number of Topliss-reactive ketones (excluding diaryl/α,β-unsaturated/α-hetero) is 1. The van der Waals surface area contributed by atoms with Crippen molar-refractivity contribution in [2.24, 2.45) is 0 Å². The highest BCUT2D eigenvalue weighted by Gasteiger charge is 2.47. The van der Waals surface area contributed by atoms with Crippen LogP contribution >= 0.6 is 0 Å². The third-order valence-electron chi connectivity index (χ3n) is 5.38. The van der Waals surface area contributed by atoms with E-state index in [1.165, 1.54) is 11.2 Å². The van der Waals surface area contributed by atoms with Crippen molar-refractivity contribution >= 4 is 17.4 Å². The number of ether oxygens (including phenoxy) is 1. The molecule has 1 aromatic carbocycles. The third-order valence-corrected chi connectivity index (χ3v) is 5.38. The zero-order valence-electron chi connectivity index (χ0n) is 16.1. The van der Waals surface area contributed by atoms with E-state index in [2.05, 4.69) is 4.90 Å². The predicted octanol–water partition coefficient (Wildman–Crippen LogP) is 2.42. The third kappa shape index (κ3) is 3.97. The molecule has 0 spiro atoms. The van der Waals surface area contributed by atoms with E-state index < -0.39 is 17.7 Å². The number of likely N-dealkylation sites (tertiary alicyclic amines) is 1. The average molecular weight is 396 g/mol. The van der Waals surface area contributed by atoms with Gasteiger partial charge in [-0.1, -0.05) is 30.3 Å². The Morgan fingerprint density at radius 2 is 1.79 bits per heavy atom. The first-order chi connectivity index (χ1) is 14.2. The van der Waals surface area contributed by atoms with Crippen molar-refractivity contribution in [3.8, 4) is 0 Å². The van der Waals surface area contributed by atoms with E-state index in [0.29, 0.717) is 31.1 Å². The molecule has 29 heavy (non-hydrogen) atoms. The van der Waals surface area contributed by atoms with Crippen molar-refractivity contribution in [3.05, 3.63) is 65.6 Å². The Morgan fingerprint density at radius 3 is 2.48 bits per heavy atom. The molecule has 7 nitrogen and oxygen atoms in total. The number of carbonyl (C=O) groups is 2. The highest BCUT2D eigenvalue weighted by molar-refractivity contribution is 6.46. The molecule has 2 saturated heterocycles. The fraction of sp³-hybridized carbons (Fsp3) is 0.364. The van der Waals surface area contributed by atoms with Gasteiger partial charge < -0.3 is 19.2 Å². The van der Waals surface area contributed by atoms with Crippen molar-refractivity contribution in [2.45, 2.75) is 12.5 Å². The van der Waals surface area contributed by atoms with Crippen molar-refractivity contribution in [3.63, 3.8) is 0 Å². The summed E-state index contributed by atoms with van der Waals surface area (Å²) in [5, 5.41) is 10.8. The van der Waals surface area contributed by atoms with Gasteiger partial charge >= 0.3 is 0 Å². The van der Waals surface area contributed by atoms with Crippen LogP contribution in [0.25, 0.3) is 5.76 Å². The highest BCUT2D eigenvalue weighted by Crippen LogP contribution is 2.39. The lowest BCUT2D eigenvalue weighted by Gasteiger charge is -2.28. The van der Waals surface area contributed by atoms with E-state index in [-0.39, 0.29) is 11.3 Å². The lowest BCUT2D eigenvalue weighted by Crippen LogP contribution is -2.38. The summed E-state index contributed by atoms with van der Waals surface area (Å²) in [6, 6.07) is 11.5. The average Bonchev–Trinajstić information content (AvgIpc) is 3.37. The van der Waals surface area contributed by atoms with Crippen LogP contribution in [-0.2, 0) is 14.3 Å². The maximum atomic E-state index is 12.8. The Balaban J connectivity index is 1.60. The number of hydrogen-bond acceptors (Lipinski definition) is 6. The summed E-state index contributed by atoms with van der Waals surface area (Å²) in [6.45, 7) is 4.39. The predicted molar refractivity (Wildman–Crippen MR) is 106 cm³/mol. The van der Waals surface area contributed by atoms with Crippen LogP contribution in [0.2, 0.25) is 0 Å². The summed E-state index contributed by atoms with van der Waals surface area (Å²) in [5.74, 6) is -1.00. The SMILES string of the molecule is O=C1C(=O)N(CCCN2CCOCC2)[C@H](c2ccco2)C1=C(O)c1ccccc1. The van der Waals surface area contributed by atoms with E-state index in [4.69, 9.17) is 9.15 Å². The normalized spacial score (nSPS) is 22.3. The quantitative estimate of drug-likeness (QED) is 0.459. The second-order valence-corrected chi connectivity index (χ2v) is 7.18. The van der Waals surface area contributed by atoms with Crippen LogP contribution in [-0.4, -0.2) is 66.0 Å². The minimum absolute atomic E-state index is 0.0718. The van der Waals surface area contributed by atoms with E-state index in [1.807, 2.05) is 6.07 Å². The summed E-state index contributed by atoms with van der Waals surface area (Å²) in [5.41, 5.74) is 0.567. The number of carbonyl (C=O) groups excluding carboxylic acids is 2. The van der Waals surface area contributed by atoms with Crippen molar-refractivity contribution in [1.82, 2.24) is 9.80 Å².